The van der Waals surface area contributed by atoms with Gasteiger partial charge >= 0.3 is 5.97 Å². The Morgan fingerprint density at radius 2 is 1.92 bits per heavy atom. The predicted molar refractivity (Wildman–Crippen MR) is 136 cm³/mol. The Labute approximate surface area is 211 Å². The monoisotopic (exact) mass is 489 g/mol. The maximum atomic E-state index is 12.3. The van der Waals surface area contributed by atoms with E-state index in [9.17, 15) is 9.90 Å². The summed E-state index contributed by atoms with van der Waals surface area (Å²) in [7, 11) is 1.39. The van der Waals surface area contributed by atoms with E-state index in [0.29, 0.717) is 31.0 Å². The first-order valence-electron chi connectivity index (χ1n) is 12.4. The molecule has 2 aliphatic heterocycles. The first-order valence-corrected chi connectivity index (χ1v) is 12.4. The summed E-state index contributed by atoms with van der Waals surface area (Å²) in [5, 5.41) is 13.5. The van der Waals surface area contributed by atoms with Crippen molar-refractivity contribution in [2.45, 2.75) is 31.5 Å². The molecule has 0 amide bonds. The van der Waals surface area contributed by atoms with E-state index in [1.54, 1.807) is 0 Å². The van der Waals surface area contributed by atoms with E-state index in [1.807, 2.05) is 48.5 Å². The minimum atomic E-state index is -0.601. The summed E-state index contributed by atoms with van der Waals surface area (Å²) < 4.78 is 22.5. The average Bonchev–Trinajstić information content (AvgIpc) is 3.40. The number of ether oxygens (including phenoxy) is 4. The maximum absolute atomic E-state index is 12.3. The molecular formula is C29H31NO6. The molecule has 5 rings (SSSR count). The molecule has 188 valence electrons. The first kappa shape index (κ1) is 24.2. The summed E-state index contributed by atoms with van der Waals surface area (Å²) in [6.45, 7) is 1.90. The maximum Gasteiger partial charge on any atom is 0.341 e. The van der Waals surface area contributed by atoms with Crippen LogP contribution in [0.4, 0.5) is 0 Å². The van der Waals surface area contributed by atoms with Crippen LogP contribution in [0.1, 0.15) is 27.9 Å². The van der Waals surface area contributed by atoms with Gasteiger partial charge in [-0.25, -0.2) is 4.79 Å². The van der Waals surface area contributed by atoms with E-state index in [0.717, 1.165) is 53.0 Å². The topological polar surface area (TPSA) is 86.3 Å². The molecule has 7 heteroatoms. The van der Waals surface area contributed by atoms with Gasteiger partial charge in [0.2, 0.25) is 0 Å². The second kappa shape index (κ2) is 11.0. The molecule has 7 nitrogen and oxygen atoms in total. The Hall–Kier alpha value is -3.55. The third kappa shape index (κ3) is 5.48. The lowest BCUT2D eigenvalue weighted by atomic mass is 9.94. The van der Waals surface area contributed by atoms with E-state index in [2.05, 4.69) is 17.4 Å². The number of aliphatic hydroxyl groups is 1. The summed E-state index contributed by atoms with van der Waals surface area (Å²) in [5.41, 5.74) is 4.66. The fraction of sp³-hybridized carbons (Fsp3) is 0.345. The second-order valence-corrected chi connectivity index (χ2v) is 9.14. The van der Waals surface area contributed by atoms with Gasteiger partial charge in [0, 0.05) is 19.5 Å². The number of carbonyl (C=O) groups is 1. The highest BCUT2D eigenvalue weighted by Crippen LogP contribution is 2.37. The van der Waals surface area contributed by atoms with Crippen molar-refractivity contribution in [3.8, 4) is 28.4 Å². The predicted octanol–water partition coefficient (Wildman–Crippen LogP) is 3.80. The normalized spacial score (nSPS) is 16.8. The highest BCUT2D eigenvalue weighted by Gasteiger charge is 2.24. The molecule has 2 N–H and O–H groups in total. The summed E-state index contributed by atoms with van der Waals surface area (Å²) in [6.07, 6.45) is 1.99. The van der Waals surface area contributed by atoms with Gasteiger partial charge in [0.1, 0.15) is 41.6 Å². The fourth-order valence-corrected chi connectivity index (χ4v) is 4.68. The quantitative estimate of drug-likeness (QED) is 0.442. The number of para-hydroxylation sites is 1. The van der Waals surface area contributed by atoms with Crippen molar-refractivity contribution in [1.29, 1.82) is 0 Å². The Morgan fingerprint density at radius 1 is 1.08 bits per heavy atom. The molecule has 0 spiro atoms. The SMILES string of the molecule is COC(=O)c1cc(-c2ccc3c(c2)CC[C@H](CNC[C@H](O)COc2ccccc2)O3)cc2c1OCC2. The molecule has 3 aromatic rings. The van der Waals surface area contributed by atoms with Crippen LogP contribution in [0, 0.1) is 0 Å². The molecule has 0 radical (unpaired) electrons. The van der Waals surface area contributed by atoms with Crippen molar-refractivity contribution in [1.82, 2.24) is 5.32 Å². The number of hydrogen-bond acceptors (Lipinski definition) is 7. The zero-order valence-electron chi connectivity index (χ0n) is 20.4. The van der Waals surface area contributed by atoms with Crippen LogP contribution in [0.2, 0.25) is 0 Å². The zero-order valence-corrected chi connectivity index (χ0v) is 20.4. The Morgan fingerprint density at radius 3 is 2.75 bits per heavy atom. The molecule has 0 aliphatic carbocycles. The van der Waals surface area contributed by atoms with Gasteiger partial charge < -0.3 is 29.4 Å². The van der Waals surface area contributed by atoms with Crippen LogP contribution in [0.25, 0.3) is 11.1 Å². The molecule has 2 heterocycles. The van der Waals surface area contributed by atoms with Gasteiger partial charge in [-0.1, -0.05) is 24.3 Å². The molecule has 0 aromatic heterocycles. The van der Waals surface area contributed by atoms with Crippen LogP contribution in [0.3, 0.4) is 0 Å². The second-order valence-electron chi connectivity index (χ2n) is 9.14. The Balaban J connectivity index is 1.17. The van der Waals surface area contributed by atoms with Crippen LogP contribution < -0.4 is 19.5 Å². The number of carbonyl (C=O) groups excluding carboxylic acids is 1. The van der Waals surface area contributed by atoms with E-state index in [1.165, 1.54) is 7.11 Å². The number of aryl methyl sites for hydroxylation is 1. The van der Waals surface area contributed by atoms with Gasteiger partial charge in [-0.3, -0.25) is 0 Å². The lowest BCUT2D eigenvalue weighted by Crippen LogP contribution is -2.39. The van der Waals surface area contributed by atoms with Crippen molar-refractivity contribution in [2.75, 3.05) is 33.4 Å². The highest BCUT2D eigenvalue weighted by molar-refractivity contribution is 5.95. The third-order valence-corrected chi connectivity index (χ3v) is 6.55. The molecule has 0 bridgehead atoms. The smallest absolute Gasteiger partial charge is 0.341 e. The minimum absolute atomic E-state index is 0.0358. The molecule has 36 heavy (non-hydrogen) atoms. The molecule has 2 aliphatic rings. The summed E-state index contributed by atoms with van der Waals surface area (Å²) >= 11 is 0. The van der Waals surface area contributed by atoms with Crippen molar-refractivity contribution in [3.05, 3.63) is 77.4 Å². The molecule has 2 atom stereocenters. The number of hydrogen-bond donors (Lipinski definition) is 2. The van der Waals surface area contributed by atoms with Gasteiger partial charge in [0.05, 0.1) is 13.7 Å². The van der Waals surface area contributed by atoms with Crippen molar-refractivity contribution >= 4 is 5.97 Å². The van der Waals surface area contributed by atoms with Crippen LogP contribution in [0.5, 0.6) is 17.2 Å². The van der Waals surface area contributed by atoms with Gasteiger partial charge in [-0.05, 0) is 71.5 Å². The standard InChI is InChI=1S/C29H31NO6/c1-33-29(32)26-15-22(14-21-11-12-34-28(21)26)19-8-10-27-20(13-19)7-9-25(36-27)17-30-16-23(31)18-35-24-5-3-2-4-6-24/h2-6,8,10,13-15,23,25,30-31H,7,9,11-12,16-18H2,1H3/t23-,25+/m0/s1. The number of benzene rings is 3. The third-order valence-electron chi connectivity index (χ3n) is 6.55. The number of aliphatic hydroxyl groups excluding tert-OH is 1. The largest absolute Gasteiger partial charge is 0.492 e. The number of fused-ring (bicyclic) bond motifs is 2. The number of nitrogens with one attached hydrogen (secondary N) is 1. The molecule has 3 aromatic carbocycles. The molecule has 0 saturated carbocycles. The van der Waals surface area contributed by atoms with E-state index in [4.69, 9.17) is 18.9 Å². The van der Waals surface area contributed by atoms with Gasteiger partial charge in [-0.15, -0.1) is 0 Å². The Bertz CT molecular complexity index is 1210. The van der Waals surface area contributed by atoms with E-state index in [-0.39, 0.29) is 18.7 Å². The van der Waals surface area contributed by atoms with Crippen LogP contribution in [-0.2, 0) is 17.6 Å². The van der Waals surface area contributed by atoms with Crippen molar-refractivity contribution < 1.29 is 28.8 Å². The minimum Gasteiger partial charge on any atom is -0.492 e. The molecule has 0 fully saturated rings. The van der Waals surface area contributed by atoms with Crippen molar-refractivity contribution in [2.24, 2.45) is 0 Å². The van der Waals surface area contributed by atoms with Gasteiger partial charge in [0.25, 0.3) is 0 Å². The van der Waals surface area contributed by atoms with Crippen molar-refractivity contribution in [3.63, 3.8) is 0 Å². The van der Waals surface area contributed by atoms with E-state index >= 15 is 0 Å². The number of methoxy groups -OCH3 is 1. The highest BCUT2D eigenvalue weighted by atomic mass is 16.5. The fourth-order valence-electron chi connectivity index (χ4n) is 4.68. The van der Waals surface area contributed by atoms with Gasteiger partial charge in [-0.2, -0.15) is 0 Å². The zero-order chi connectivity index (χ0) is 24.9. The average molecular weight is 490 g/mol. The summed E-state index contributed by atoms with van der Waals surface area (Å²) in [5.74, 6) is 1.88. The first-order chi connectivity index (χ1) is 17.6. The Kier molecular flexibility index (Phi) is 7.39. The lowest BCUT2D eigenvalue weighted by molar-refractivity contribution is 0.0597. The van der Waals surface area contributed by atoms with Crippen LogP contribution >= 0.6 is 0 Å². The number of rotatable bonds is 9. The van der Waals surface area contributed by atoms with Crippen LogP contribution in [0.15, 0.2) is 60.7 Å². The number of esters is 1. The summed E-state index contributed by atoms with van der Waals surface area (Å²) in [4.78, 5) is 12.3. The van der Waals surface area contributed by atoms with E-state index < -0.39 is 6.10 Å². The molecule has 0 saturated heterocycles. The molecule has 0 unspecified atom stereocenters. The van der Waals surface area contributed by atoms with Gasteiger partial charge in [0.15, 0.2) is 0 Å². The summed E-state index contributed by atoms with van der Waals surface area (Å²) in [6, 6.07) is 19.6. The molecular weight excluding hydrogens is 458 g/mol. The van der Waals surface area contributed by atoms with Crippen LogP contribution in [-0.4, -0.2) is 56.7 Å². The lowest BCUT2D eigenvalue weighted by Gasteiger charge is -2.27.